The second-order valence-electron chi connectivity index (χ2n) is 7.35. The Morgan fingerprint density at radius 2 is 1.97 bits per heavy atom. The lowest BCUT2D eigenvalue weighted by Gasteiger charge is -2.27. The maximum atomic E-state index is 12.9. The molecule has 4 rings (SSSR count). The first-order chi connectivity index (χ1) is 15.2. The van der Waals surface area contributed by atoms with Gasteiger partial charge in [-0.2, -0.15) is 0 Å². The zero-order valence-electron chi connectivity index (χ0n) is 17.5. The zero-order chi connectivity index (χ0) is 21.6. The fourth-order valence-electron chi connectivity index (χ4n) is 3.71. The summed E-state index contributed by atoms with van der Waals surface area (Å²) in [5, 5.41) is 3.13. The quantitative estimate of drug-likeness (QED) is 0.741. The Bertz CT molecular complexity index is 945. The summed E-state index contributed by atoms with van der Waals surface area (Å²) in [6.07, 6.45) is 0.884. The summed E-state index contributed by atoms with van der Waals surface area (Å²) in [5.74, 6) is 1.55. The molecule has 1 saturated heterocycles. The number of methoxy groups -OCH3 is 1. The summed E-state index contributed by atoms with van der Waals surface area (Å²) in [6, 6.07) is 13.2. The molecule has 2 heterocycles. The smallest absolute Gasteiger partial charge is 0.260 e. The number of ether oxygens (including phenoxy) is 3. The van der Waals surface area contributed by atoms with Crippen LogP contribution in [0.4, 0.5) is 0 Å². The average molecular weight is 443 g/mol. The standard InChI is InChI=1S/C23H26N2O5S/c1-28-20-14-16(6-7-19(20)30-15-22(26)25-9-11-29-12-10-25)23(27)24-18-8-13-31-21-5-3-2-4-17(18)21/h2-7,14,18H,8-13,15H2,1H3,(H,24,27)/t18-/m0/s1. The van der Waals surface area contributed by atoms with E-state index in [-0.39, 0.29) is 24.5 Å². The van der Waals surface area contributed by atoms with Crippen LogP contribution in [-0.2, 0) is 9.53 Å². The van der Waals surface area contributed by atoms with Gasteiger partial charge in [0.25, 0.3) is 11.8 Å². The van der Waals surface area contributed by atoms with Crippen molar-refractivity contribution in [3.8, 4) is 11.5 Å². The van der Waals surface area contributed by atoms with Gasteiger partial charge in [0.15, 0.2) is 18.1 Å². The second-order valence-corrected chi connectivity index (χ2v) is 8.49. The Morgan fingerprint density at radius 1 is 1.16 bits per heavy atom. The van der Waals surface area contributed by atoms with Crippen LogP contribution in [0.15, 0.2) is 47.4 Å². The topological polar surface area (TPSA) is 77.1 Å². The molecule has 8 heteroatoms. The van der Waals surface area contributed by atoms with Gasteiger partial charge >= 0.3 is 0 Å². The molecule has 0 saturated carbocycles. The van der Waals surface area contributed by atoms with Crippen molar-refractivity contribution in [1.29, 1.82) is 0 Å². The number of carbonyl (C=O) groups excluding carboxylic acids is 2. The van der Waals surface area contributed by atoms with E-state index < -0.39 is 0 Å². The third-order valence-electron chi connectivity index (χ3n) is 5.40. The molecular weight excluding hydrogens is 416 g/mol. The highest BCUT2D eigenvalue weighted by Crippen LogP contribution is 2.36. The second kappa shape index (κ2) is 10.1. The Kier molecular flexibility index (Phi) is 6.99. The first-order valence-corrected chi connectivity index (χ1v) is 11.3. The molecule has 0 radical (unpaired) electrons. The normalized spacial score (nSPS) is 18.1. The van der Waals surface area contributed by atoms with Crippen molar-refractivity contribution in [3.63, 3.8) is 0 Å². The van der Waals surface area contributed by atoms with Crippen LogP contribution in [0.2, 0.25) is 0 Å². The molecule has 2 aliphatic rings. The number of rotatable bonds is 6. The third kappa shape index (κ3) is 5.14. The van der Waals surface area contributed by atoms with Gasteiger partial charge in [-0.25, -0.2) is 0 Å². The average Bonchev–Trinajstić information content (AvgIpc) is 2.83. The molecule has 2 aromatic rings. The van der Waals surface area contributed by atoms with E-state index in [4.69, 9.17) is 14.2 Å². The lowest BCUT2D eigenvalue weighted by atomic mass is 10.0. The third-order valence-corrected chi connectivity index (χ3v) is 6.53. The van der Waals surface area contributed by atoms with Crippen LogP contribution in [0.25, 0.3) is 0 Å². The molecule has 1 fully saturated rings. The summed E-state index contributed by atoms with van der Waals surface area (Å²) < 4.78 is 16.4. The van der Waals surface area contributed by atoms with Crippen molar-refractivity contribution in [2.24, 2.45) is 0 Å². The number of amides is 2. The van der Waals surface area contributed by atoms with Crippen LogP contribution in [0.1, 0.15) is 28.4 Å². The van der Waals surface area contributed by atoms with Gasteiger partial charge in [-0.15, -0.1) is 11.8 Å². The van der Waals surface area contributed by atoms with E-state index in [1.54, 1.807) is 23.1 Å². The number of hydrogen-bond acceptors (Lipinski definition) is 6. The highest BCUT2D eigenvalue weighted by Gasteiger charge is 2.23. The van der Waals surface area contributed by atoms with E-state index >= 15 is 0 Å². The summed E-state index contributed by atoms with van der Waals surface area (Å²) in [6.45, 7) is 2.15. The SMILES string of the molecule is COc1cc(C(=O)N[C@H]2CCSc3ccccc32)ccc1OCC(=O)N1CCOCC1. The molecule has 0 spiro atoms. The summed E-state index contributed by atoms with van der Waals surface area (Å²) >= 11 is 1.82. The molecule has 0 aliphatic carbocycles. The van der Waals surface area contributed by atoms with E-state index in [0.717, 1.165) is 17.7 Å². The van der Waals surface area contributed by atoms with Crippen molar-refractivity contribution in [2.75, 3.05) is 45.8 Å². The van der Waals surface area contributed by atoms with Crippen molar-refractivity contribution in [2.45, 2.75) is 17.4 Å². The molecule has 1 atom stereocenters. The highest BCUT2D eigenvalue weighted by molar-refractivity contribution is 7.99. The number of thioether (sulfide) groups is 1. The van der Waals surface area contributed by atoms with Gasteiger partial charge in [-0.05, 0) is 36.2 Å². The van der Waals surface area contributed by atoms with E-state index in [0.29, 0.717) is 43.4 Å². The first kappa shape index (κ1) is 21.5. The van der Waals surface area contributed by atoms with Crippen LogP contribution >= 0.6 is 11.8 Å². The predicted octanol–water partition coefficient (Wildman–Crippen LogP) is 2.90. The summed E-state index contributed by atoms with van der Waals surface area (Å²) in [7, 11) is 1.52. The van der Waals surface area contributed by atoms with Crippen molar-refractivity contribution >= 4 is 23.6 Å². The number of hydrogen-bond donors (Lipinski definition) is 1. The number of benzene rings is 2. The van der Waals surface area contributed by atoms with Gasteiger partial charge < -0.3 is 24.4 Å². The van der Waals surface area contributed by atoms with E-state index in [9.17, 15) is 9.59 Å². The number of carbonyl (C=O) groups is 2. The molecule has 2 aliphatic heterocycles. The Hall–Kier alpha value is -2.71. The van der Waals surface area contributed by atoms with Gasteiger partial charge in [0.2, 0.25) is 0 Å². The van der Waals surface area contributed by atoms with E-state index in [1.165, 1.54) is 12.0 Å². The number of fused-ring (bicyclic) bond motifs is 1. The Balaban J connectivity index is 1.40. The monoisotopic (exact) mass is 442 g/mol. The molecule has 1 N–H and O–H groups in total. The molecule has 0 unspecified atom stereocenters. The maximum absolute atomic E-state index is 12.9. The molecule has 0 bridgehead atoms. The molecule has 2 amide bonds. The maximum Gasteiger partial charge on any atom is 0.260 e. The Labute approximate surface area is 186 Å². The fraction of sp³-hybridized carbons (Fsp3) is 0.391. The molecular formula is C23H26N2O5S. The number of nitrogens with zero attached hydrogens (tertiary/aromatic N) is 1. The van der Waals surface area contributed by atoms with Crippen LogP contribution in [0.3, 0.4) is 0 Å². The summed E-state index contributed by atoms with van der Waals surface area (Å²) in [4.78, 5) is 28.1. The van der Waals surface area contributed by atoms with Gasteiger partial charge in [-0.3, -0.25) is 9.59 Å². The van der Waals surface area contributed by atoms with E-state index in [1.807, 2.05) is 23.9 Å². The minimum absolute atomic E-state index is 0.0157. The van der Waals surface area contributed by atoms with Gasteiger partial charge in [0.05, 0.1) is 26.4 Å². The zero-order valence-corrected chi connectivity index (χ0v) is 18.3. The number of morpholine rings is 1. The van der Waals surface area contributed by atoms with Crippen LogP contribution < -0.4 is 14.8 Å². The largest absolute Gasteiger partial charge is 0.493 e. The van der Waals surface area contributed by atoms with Gasteiger partial charge in [-0.1, -0.05) is 18.2 Å². The van der Waals surface area contributed by atoms with Crippen LogP contribution in [0, 0.1) is 0 Å². The predicted molar refractivity (Wildman–Crippen MR) is 118 cm³/mol. The number of nitrogens with one attached hydrogen (secondary N) is 1. The lowest BCUT2D eigenvalue weighted by molar-refractivity contribution is -0.137. The molecule has 7 nitrogen and oxygen atoms in total. The van der Waals surface area contributed by atoms with Crippen molar-refractivity contribution in [1.82, 2.24) is 10.2 Å². The van der Waals surface area contributed by atoms with Crippen LogP contribution in [-0.4, -0.2) is 62.5 Å². The minimum atomic E-state index is -0.166. The molecule has 2 aromatic carbocycles. The van der Waals surface area contributed by atoms with Crippen molar-refractivity contribution < 1.29 is 23.8 Å². The minimum Gasteiger partial charge on any atom is -0.493 e. The molecule has 0 aromatic heterocycles. The first-order valence-electron chi connectivity index (χ1n) is 10.3. The fourth-order valence-corrected chi connectivity index (χ4v) is 4.83. The highest BCUT2D eigenvalue weighted by atomic mass is 32.2. The molecule has 31 heavy (non-hydrogen) atoms. The molecule has 164 valence electrons. The van der Waals surface area contributed by atoms with Crippen LogP contribution in [0.5, 0.6) is 11.5 Å². The van der Waals surface area contributed by atoms with E-state index in [2.05, 4.69) is 17.4 Å². The lowest BCUT2D eigenvalue weighted by Crippen LogP contribution is -2.43. The van der Waals surface area contributed by atoms with Gasteiger partial charge in [0, 0.05) is 29.3 Å². The summed E-state index contributed by atoms with van der Waals surface area (Å²) in [5.41, 5.74) is 1.64. The van der Waals surface area contributed by atoms with Crippen molar-refractivity contribution in [3.05, 3.63) is 53.6 Å². The Morgan fingerprint density at radius 3 is 2.77 bits per heavy atom. The van der Waals surface area contributed by atoms with Gasteiger partial charge in [0.1, 0.15) is 0 Å².